The second-order valence-corrected chi connectivity index (χ2v) is 4.34. The summed E-state index contributed by atoms with van der Waals surface area (Å²) >= 11 is 0. The van der Waals surface area contributed by atoms with Crippen molar-refractivity contribution in [2.75, 3.05) is 20.3 Å². The van der Waals surface area contributed by atoms with Gasteiger partial charge in [-0.05, 0) is 33.3 Å². The predicted molar refractivity (Wildman–Crippen MR) is 69.6 cm³/mol. The van der Waals surface area contributed by atoms with Gasteiger partial charge in [-0.3, -0.25) is 0 Å². The molecule has 0 saturated heterocycles. The molecule has 102 valence electrons. The van der Waals surface area contributed by atoms with Gasteiger partial charge in [0.05, 0.1) is 6.04 Å². The molecule has 2 N–H and O–H groups in total. The quantitative estimate of drug-likeness (QED) is 0.766. The highest BCUT2D eigenvalue weighted by atomic mass is 16.5. The van der Waals surface area contributed by atoms with Crippen LogP contribution in [0.3, 0.4) is 0 Å². The molecule has 5 heteroatoms. The molecule has 0 bridgehead atoms. The zero-order valence-electron chi connectivity index (χ0n) is 11.5. The Bertz CT molecular complexity index is 388. The van der Waals surface area contributed by atoms with Crippen molar-refractivity contribution in [2.24, 2.45) is 0 Å². The van der Waals surface area contributed by atoms with Crippen LogP contribution >= 0.6 is 0 Å². The molecule has 1 heterocycles. The van der Waals surface area contributed by atoms with Gasteiger partial charge in [-0.25, -0.2) is 4.79 Å². The molecule has 0 aliphatic heterocycles. The van der Waals surface area contributed by atoms with Crippen molar-refractivity contribution in [3.63, 3.8) is 0 Å². The van der Waals surface area contributed by atoms with Gasteiger partial charge in [0.2, 0.25) is 0 Å². The van der Waals surface area contributed by atoms with Gasteiger partial charge >= 0.3 is 6.03 Å². The van der Waals surface area contributed by atoms with Gasteiger partial charge in [-0.2, -0.15) is 0 Å². The van der Waals surface area contributed by atoms with Crippen LogP contribution < -0.4 is 10.6 Å². The number of aryl methyl sites for hydroxylation is 2. The van der Waals surface area contributed by atoms with Crippen molar-refractivity contribution >= 4 is 6.03 Å². The van der Waals surface area contributed by atoms with Crippen molar-refractivity contribution in [1.82, 2.24) is 10.6 Å². The van der Waals surface area contributed by atoms with Gasteiger partial charge < -0.3 is 19.8 Å². The summed E-state index contributed by atoms with van der Waals surface area (Å²) in [4.78, 5) is 11.6. The summed E-state index contributed by atoms with van der Waals surface area (Å²) in [5.41, 5.74) is 1.01. The summed E-state index contributed by atoms with van der Waals surface area (Å²) in [6.07, 6.45) is 0.808. The van der Waals surface area contributed by atoms with Crippen molar-refractivity contribution in [1.29, 1.82) is 0 Å². The van der Waals surface area contributed by atoms with E-state index >= 15 is 0 Å². The van der Waals surface area contributed by atoms with Crippen LogP contribution in [0.4, 0.5) is 4.79 Å². The minimum absolute atomic E-state index is 0.0649. The lowest BCUT2D eigenvalue weighted by molar-refractivity contribution is 0.193. The van der Waals surface area contributed by atoms with Gasteiger partial charge in [-0.1, -0.05) is 0 Å². The molecule has 2 amide bonds. The molecule has 1 aromatic heterocycles. The largest absolute Gasteiger partial charge is 0.466 e. The Morgan fingerprint density at radius 1 is 1.50 bits per heavy atom. The summed E-state index contributed by atoms with van der Waals surface area (Å²) in [6.45, 7) is 6.99. The fourth-order valence-corrected chi connectivity index (χ4v) is 1.82. The maximum Gasteiger partial charge on any atom is 0.315 e. The van der Waals surface area contributed by atoms with Gasteiger partial charge in [-0.15, -0.1) is 0 Å². The van der Waals surface area contributed by atoms with Crippen LogP contribution in [0.2, 0.25) is 0 Å². The van der Waals surface area contributed by atoms with Crippen LogP contribution in [-0.4, -0.2) is 26.3 Å². The lowest BCUT2D eigenvalue weighted by Crippen LogP contribution is -2.37. The maximum absolute atomic E-state index is 11.6. The van der Waals surface area contributed by atoms with Crippen LogP contribution in [0.1, 0.15) is 36.5 Å². The molecule has 0 spiro atoms. The second kappa shape index (κ2) is 7.06. The smallest absolute Gasteiger partial charge is 0.315 e. The molecule has 1 atom stereocenters. The first-order chi connectivity index (χ1) is 8.54. The van der Waals surface area contributed by atoms with E-state index in [1.807, 2.05) is 26.8 Å². The number of furan rings is 1. The van der Waals surface area contributed by atoms with Crippen LogP contribution in [0.5, 0.6) is 0 Å². The third kappa shape index (κ3) is 4.41. The van der Waals surface area contributed by atoms with E-state index < -0.39 is 0 Å². The predicted octanol–water partition coefficient (Wildman–Crippen LogP) is 2.29. The average Bonchev–Trinajstić information content (AvgIpc) is 2.64. The first kappa shape index (κ1) is 14.6. The van der Waals surface area contributed by atoms with Crippen molar-refractivity contribution in [3.05, 3.63) is 23.2 Å². The van der Waals surface area contributed by atoms with E-state index in [4.69, 9.17) is 9.15 Å². The molecule has 1 rings (SSSR count). The Balaban J connectivity index is 2.37. The molecule has 0 radical (unpaired) electrons. The molecule has 18 heavy (non-hydrogen) atoms. The van der Waals surface area contributed by atoms with E-state index in [-0.39, 0.29) is 12.1 Å². The molecular formula is C13H22N2O3. The number of urea groups is 1. The second-order valence-electron chi connectivity index (χ2n) is 4.34. The summed E-state index contributed by atoms with van der Waals surface area (Å²) in [5.74, 6) is 1.70. The van der Waals surface area contributed by atoms with Gasteiger partial charge in [0.25, 0.3) is 0 Å². The molecular weight excluding hydrogens is 232 g/mol. The van der Waals surface area contributed by atoms with Crippen molar-refractivity contribution in [3.8, 4) is 0 Å². The number of hydrogen-bond acceptors (Lipinski definition) is 3. The Morgan fingerprint density at radius 2 is 2.22 bits per heavy atom. The molecule has 0 aliphatic carbocycles. The number of amides is 2. The number of rotatable bonds is 6. The fourth-order valence-electron chi connectivity index (χ4n) is 1.82. The third-order valence-electron chi connectivity index (χ3n) is 2.70. The van der Waals surface area contributed by atoms with E-state index in [1.165, 1.54) is 0 Å². The summed E-state index contributed by atoms with van der Waals surface area (Å²) in [5, 5.41) is 5.66. The fraction of sp³-hybridized carbons (Fsp3) is 0.615. The molecule has 0 aliphatic rings. The Kier molecular flexibility index (Phi) is 5.71. The molecule has 5 nitrogen and oxygen atoms in total. The van der Waals surface area contributed by atoms with E-state index in [1.54, 1.807) is 7.11 Å². The Morgan fingerprint density at radius 3 is 2.78 bits per heavy atom. The molecule has 0 fully saturated rings. The van der Waals surface area contributed by atoms with Crippen LogP contribution in [0.25, 0.3) is 0 Å². The normalized spacial score (nSPS) is 12.2. The Labute approximate surface area is 108 Å². The highest BCUT2D eigenvalue weighted by molar-refractivity contribution is 5.74. The Hall–Kier alpha value is -1.49. The molecule has 0 aromatic carbocycles. The topological polar surface area (TPSA) is 63.5 Å². The maximum atomic E-state index is 11.6. The number of nitrogens with one attached hydrogen (secondary N) is 2. The minimum Gasteiger partial charge on any atom is -0.466 e. The van der Waals surface area contributed by atoms with Crippen molar-refractivity contribution in [2.45, 2.75) is 33.2 Å². The highest BCUT2D eigenvalue weighted by Gasteiger charge is 2.14. The number of ether oxygens (including phenoxy) is 1. The van der Waals surface area contributed by atoms with Gasteiger partial charge in [0.1, 0.15) is 11.5 Å². The highest BCUT2D eigenvalue weighted by Crippen LogP contribution is 2.20. The van der Waals surface area contributed by atoms with Crippen LogP contribution in [-0.2, 0) is 4.74 Å². The zero-order valence-corrected chi connectivity index (χ0v) is 11.5. The average molecular weight is 254 g/mol. The summed E-state index contributed by atoms with van der Waals surface area (Å²) in [7, 11) is 1.64. The molecule has 1 aromatic rings. The SMILES string of the molecule is COCCCNC(=O)NC(C)c1cc(C)oc1C. The zero-order chi connectivity index (χ0) is 13.5. The number of carbonyl (C=O) groups excluding carboxylic acids is 1. The van der Waals surface area contributed by atoms with E-state index in [0.717, 1.165) is 23.5 Å². The first-order valence-corrected chi connectivity index (χ1v) is 6.14. The number of methoxy groups -OCH3 is 1. The monoisotopic (exact) mass is 254 g/mol. The van der Waals surface area contributed by atoms with Crippen LogP contribution in [0.15, 0.2) is 10.5 Å². The lowest BCUT2D eigenvalue weighted by atomic mass is 10.1. The third-order valence-corrected chi connectivity index (χ3v) is 2.70. The summed E-state index contributed by atoms with van der Waals surface area (Å²) < 4.78 is 10.4. The molecule has 0 saturated carbocycles. The number of hydrogen-bond donors (Lipinski definition) is 2. The minimum atomic E-state index is -0.170. The van der Waals surface area contributed by atoms with Gasteiger partial charge in [0.15, 0.2) is 0 Å². The number of carbonyl (C=O) groups is 1. The standard InChI is InChI=1S/C13H22N2O3/c1-9-8-12(11(3)18-9)10(2)15-13(16)14-6-5-7-17-4/h8,10H,5-7H2,1-4H3,(H2,14,15,16). The molecule has 1 unspecified atom stereocenters. The van der Waals surface area contributed by atoms with Crippen molar-refractivity contribution < 1.29 is 13.9 Å². The van der Waals surface area contributed by atoms with Crippen LogP contribution in [0, 0.1) is 13.8 Å². The lowest BCUT2D eigenvalue weighted by Gasteiger charge is -2.14. The van der Waals surface area contributed by atoms with E-state index in [2.05, 4.69) is 10.6 Å². The first-order valence-electron chi connectivity index (χ1n) is 6.14. The van der Waals surface area contributed by atoms with E-state index in [0.29, 0.717) is 13.2 Å². The summed E-state index contributed by atoms with van der Waals surface area (Å²) in [6, 6.07) is 1.72. The van der Waals surface area contributed by atoms with Gasteiger partial charge in [0, 0.05) is 25.8 Å². The van der Waals surface area contributed by atoms with E-state index in [9.17, 15) is 4.79 Å².